The first-order valence-electron chi connectivity index (χ1n) is 7.23. The molecule has 0 saturated heterocycles. The predicted octanol–water partition coefficient (Wildman–Crippen LogP) is 3.15. The van der Waals surface area contributed by atoms with E-state index in [9.17, 15) is 9.18 Å². The molecule has 1 unspecified atom stereocenters. The van der Waals surface area contributed by atoms with Gasteiger partial charge in [0.15, 0.2) is 0 Å². The molecule has 4 nitrogen and oxygen atoms in total. The van der Waals surface area contributed by atoms with Gasteiger partial charge in [-0.1, -0.05) is 30.3 Å². The fourth-order valence-electron chi connectivity index (χ4n) is 2.49. The van der Waals surface area contributed by atoms with Crippen LogP contribution in [0.5, 0.6) is 5.75 Å². The van der Waals surface area contributed by atoms with Crippen LogP contribution in [0.2, 0.25) is 0 Å². The molecule has 0 fully saturated rings. The van der Waals surface area contributed by atoms with Gasteiger partial charge in [0.2, 0.25) is 0 Å². The quantitative estimate of drug-likeness (QED) is 0.915. The minimum atomic E-state index is -0.285. The molecule has 0 saturated carbocycles. The number of carbonyl (C=O) groups excluding carboxylic acids is 1. The number of amides is 2. The lowest BCUT2D eigenvalue weighted by Gasteiger charge is -2.26. The van der Waals surface area contributed by atoms with Crippen molar-refractivity contribution in [2.24, 2.45) is 0 Å². The van der Waals surface area contributed by atoms with Crippen molar-refractivity contribution in [2.75, 3.05) is 6.61 Å². The summed E-state index contributed by atoms with van der Waals surface area (Å²) in [7, 11) is 0. The van der Waals surface area contributed by atoms with Gasteiger partial charge in [0.25, 0.3) is 0 Å². The third-order valence-corrected chi connectivity index (χ3v) is 3.63. The Morgan fingerprint density at radius 1 is 1.18 bits per heavy atom. The maximum absolute atomic E-state index is 12.8. The Labute approximate surface area is 128 Å². The van der Waals surface area contributed by atoms with E-state index in [0.717, 1.165) is 23.3 Å². The van der Waals surface area contributed by atoms with Crippen molar-refractivity contribution in [1.82, 2.24) is 10.6 Å². The van der Waals surface area contributed by atoms with Crippen LogP contribution in [0, 0.1) is 5.82 Å². The van der Waals surface area contributed by atoms with Crippen molar-refractivity contribution in [2.45, 2.75) is 19.0 Å². The summed E-state index contributed by atoms with van der Waals surface area (Å²) in [6.07, 6.45) is 0.737. The number of halogens is 1. The van der Waals surface area contributed by atoms with Crippen molar-refractivity contribution in [3.63, 3.8) is 0 Å². The number of benzene rings is 2. The monoisotopic (exact) mass is 300 g/mol. The largest absolute Gasteiger partial charge is 0.493 e. The Kier molecular flexibility index (Phi) is 4.23. The molecule has 1 aliphatic heterocycles. The SMILES string of the molecule is O=C(NCc1ccc(F)cc1)NC1CCOc2ccccc21. The lowest BCUT2D eigenvalue weighted by Crippen LogP contribution is -2.39. The highest BCUT2D eigenvalue weighted by Gasteiger charge is 2.22. The van der Waals surface area contributed by atoms with Crippen LogP contribution in [0.25, 0.3) is 0 Å². The van der Waals surface area contributed by atoms with E-state index in [2.05, 4.69) is 10.6 Å². The molecule has 1 atom stereocenters. The summed E-state index contributed by atoms with van der Waals surface area (Å²) >= 11 is 0. The molecule has 5 heteroatoms. The third-order valence-electron chi connectivity index (χ3n) is 3.63. The second kappa shape index (κ2) is 6.47. The highest BCUT2D eigenvalue weighted by atomic mass is 19.1. The molecule has 2 N–H and O–H groups in total. The van der Waals surface area contributed by atoms with E-state index in [-0.39, 0.29) is 17.9 Å². The number of para-hydroxylation sites is 1. The molecule has 1 aliphatic rings. The first kappa shape index (κ1) is 14.4. The highest BCUT2D eigenvalue weighted by Crippen LogP contribution is 2.31. The lowest BCUT2D eigenvalue weighted by molar-refractivity contribution is 0.223. The second-order valence-corrected chi connectivity index (χ2v) is 5.18. The minimum Gasteiger partial charge on any atom is -0.493 e. The average molecular weight is 300 g/mol. The molecule has 2 aromatic rings. The molecule has 0 aromatic heterocycles. The topological polar surface area (TPSA) is 50.4 Å². The second-order valence-electron chi connectivity index (χ2n) is 5.18. The molecule has 2 amide bonds. The summed E-state index contributed by atoms with van der Waals surface area (Å²) in [5, 5.41) is 5.74. The van der Waals surface area contributed by atoms with Crippen LogP contribution in [0.3, 0.4) is 0 Å². The Hall–Kier alpha value is -2.56. The van der Waals surface area contributed by atoms with E-state index in [1.54, 1.807) is 12.1 Å². The van der Waals surface area contributed by atoms with E-state index in [1.165, 1.54) is 12.1 Å². The fourth-order valence-corrected chi connectivity index (χ4v) is 2.49. The standard InChI is InChI=1S/C17H17FN2O2/c18-13-7-5-12(6-8-13)11-19-17(21)20-15-9-10-22-16-4-2-1-3-14(15)16/h1-8,15H,9-11H2,(H2,19,20,21). The van der Waals surface area contributed by atoms with Crippen molar-refractivity contribution in [3.05, 3.63) is 65.5 Å². The maximum atomic E-state index is 12.8. The van der Waals surface area contributed by atoms with Crippen LogP contribution < -0.4 is 15.4 Å². The minimum absolute atomic E-state index is 0.0573. The van der Waals surface area contributed by atoms with Gasteiger partial charge in [0.1, 0.15) is 11.6 Å². The van der Waals surface area contributed by atoms with Crippen molar-refractivity contribution >= 4 is 6.03 Å². The van der Waals surface area contributed by atoms with Gasteiger partial charge in [-0.25, -0.2) is 9.18 Å². The first-order chi connectivity index (χ1) is 10.7. The molecule has 2 aromatic carbocycles. The summed E-state index contributed by atoms with van der Waals surface area (Å²) in [6.45, 7) is 0.941. The number of nitrogens with one attached hydrogen (secondary N) is 2. The fraction of sp³-hybridized carbons (Fsp3) is 0.235. The van der Waals surface area contributed by atoms with Crippen LogP contribution in [0.15, 0.2) is 48.5 Å². The van der Waals surface area contributed by atoms with Crippen molar-refractivity contribution in [3.8, 4) is 5.75 Å². The van der Waals surface area contributed by atoms with Gasteiger partial charge < -0.3 is 15.4 Å². The number of fused-ring (bicyclic) bond motifs is 1. The van der Waals surface area contributed by atoms with Crippen LogP contribution in [-0.2, 0) is 6.54 Å². The predicted molar refractivity (Wildman–Crippen MR) is 81.1 cm³/mol. The van der Waals surface area contributed by atoms with Gasteiger partial charge in [-0.2, -0.15) is 0 Å². The molecule has 3 rings (SSSR count). The van der Waals surface area contributed by atoms with Gasteiger partial charge in [0, 0.05) is 18.5 Å². The molecule has 0 bridgehead atoms. The molecular weight excluding hydrogens is 283 g/mol. The van der Waals surface area contributed by atoms with Gasteiger partial charge in [-0.05, 0) is 23.8 Å². The molecular formula is C17H17FN2O2. The zero-order chi connectivity index (χ0) is 15.4. The normalized spacial score (nSPS) is 16.3. The Morgan fingerprint density at radius 2 is 1.95 bits per heavy atom. The van der Waals surface area contributed by atoms with Crippen LogP contribution in [0.4, 0.5) is 9.18 Å². The summed E-state index contributed by atoms with van der Waals surface area (Å²) in [4.78, 5) is 12.0. The van der Waals surface area contributed by atoms with Gasteiger partial charge >= 0.3 is 6.03 Å². The Bertz CT molecular complexity index is 658. The summed E-state index contributed by atoms with van der Waals surface area (Å²) < 4.78 is 18.4. The van der Waals surface area contributed by atoms with Gasteiger partial charge in [0.05, 0.1) is 12.6 Å². The number of rotatable bonds is 3. The van der Waals surface area contributed by atoms with E-state index in [0.29, 0.717) is 13.2 Å². The number of hydrogen-bond acceptors (Lipinski definition) is 2. The Morgan fingerprint density at radius 3 is 2.77 bits per heavy atom. The molecule has 0 spiro atoms. The summed E-state index contributed by atoms with van der Waals surface area (Å²) in [5.74, 6) is 0.532. The third kappa shape index (κ3) is 3.36. The zero-order valence-electron chi connectivity index (χ0n) is 12.0. The molecule has 0 aliphatic carbocycles. The average Bonchev–Trinajstić information content (AvgIpc) is 2.55. The van der Waals surface area contributed by atoms with E-state index in [1.807, 2.05) is 24.3 Å². The van der Waals surface area contributed by atoms with Crippen LogP contribution in [0.1, 0.15) is 23.6 Å². The Balaban J connectivity index is 1.57. The van der Waals surface area contributed by atoms with Crippen molar-refractivity contribution in [1.29, 1.82) is 0 Å². The van der Waals surface area contributed by atoms with Crippen LogP contribution >= 0.6 is 0 Å². The van der Waals surface area contributed by atoms with Crippen LogP contribution in [-0.4, -0.2) is 12.6 Å². The van der Waals surface area contributed by atoms with Gasteiger partial charge in [-0.3, -0.25) is 0 Å². The summed E-state index contributed by atoms with van der Waals surface area (Å²) in [5.41, 5.74) is 1.84. The first-order valence-corrected chi connectivity index (χ1v) is 7.23. The maximum Gasteiger partial charge on any atom is 0.315 e. The lowest BCUT2D eigenvalue weighted by atomic mass is 10.0. The smallest absolute Gasteiger partial charge is 0.315 e. The summed E-state index contributed by atoms with van der Waals surface area (Å²) in [6, 6.07) is 13.5. The number of hydrogen-bond donors (Lipinski definition) is 2. The van der Waals surface area contributed by atoms with E-state index in [4.69, 9.17) is 4.74 Å². The van der Waals surface area contributed by atoms with Crippen molar-refractivity contribution < 1.29 is 13.9 Å². The number of ether oxygens (including phenoxy) is 1. The highest BCUT2D eigenvalue weighted by molar-refractivity contribution is 5.74. The number of urea groups is 1. The molecule has 0 radical (unpaired) electrons. The molecule has 1 heterocycles. The number of carbonyl (C=O) groups is 1. The van der Waals surface area contributed by atoms with E-state index < -0.39 is 0 Å². The molecule has 22 heavy (non-hydrogen) atoms. The van der Waals surface area contributed by atoms with E-state index >= 15 is 0 Å². The van der Waals surface area contributed by atoms with Gasteiger partial charge in [-0.15, -0.1) is 0 Å². The molecule has 114 valence electrons. The zero-order valence-corrected chi connectivity index (χ0v) is 12.0.